The van der Waals surface area contributed by atoms with Crippen molar-refractivity contribution >= 4 is 33.0 Å². The number of amides is 1. The van der Waals surface area contributed by atoms with Crippen LogP contribution in [-0.4, -0.2) is 35.0 Å². The van der Waals surface area contributed by atoms with E-state index in [1.54, 1.807) is 40.4 Å². The maximum absolute atomic E-state index is 13.2. The van der Waals surface area contributed by atoms with E-state index in [-0.39, 0.29) is 10.8 Å². The number of para-hydroxylation sites is 1. The van der Waals surface area contributed by atoms with Gasteiger partial charge in [0, 0.05) is 29.9 Å². The standard InChI is InChI=1S/C23H20N4O3S2/c28-23(18-14-24-27(16-18)20-6-2-1-3-7-20)25-19-5-4-8-21(13-19)32(29,30)26-11-9-22-17(15-26)10-12-31-22/h1-8,10,12-14,16H,9,11,15H2,(H,25,28). The number of thiophene rings is 1. The average Bonchev–Trinajstić information content (AvgIpc) is 3.49. The summed E-state index contributed by atoms with van der Waals surface area (Å²) in [5, 5.41) is 9.01. The van der Waals surface area contributed by atoms with E-state index < -0.39 is 10.0 Å². The number of hydrogen-bond donors (Lipinski definition) is 1. The van der Waals surface area contributed by atoms with Crippen LogP contribution in [0.25, 0.3) is 5.69 Å². The van der Waals surface area contributed by atoms with E-state index in [0.717, 1.165) is 11.3 Å². The normalized spacial score (nSPS) is 14.1. The third-order valence-corrected chi connectivity index (χ3v) is 8.23. The van der Waals surface area contributed by atoms with Crippen molar-refractivity contribution in [2.45, 2.75) is 17.9 Å². The summed E-state index contributed by atoms with van der Waals surface area (Å²) in [5.41, 5.74) is 2.69. The Morgan fingerprint density at radius 1 is 1.06 bits per heavy atom. The summed E-state index contributed by atoms with van der Waals surface area (Å²) in [6.07, 6.45) is 3.83. The molecule has 0 bridgehead atoms. The lowest BCUT2D eigenvalue weighted by atomic mass is 10.1. The van der Waals surface area contributed by atoms with Crippen LogP contribution in [0.4, 0.5) is 5.69 Å². The van der Waals surface area contributed by atoms with Crippen molar-refractivity contribution in [1.29, 1.82) is 0 Å². The lowest BCUT2D eigenvalue weighted by molar-refractivity contribution is 0.102. The number of nitrogens with zero attached hydrogens (tertiary/aromatic N) is 3. The van der Waals surface area contributed by atoms with E-state index in [9.17, 15) is 13.2 Å². The molecule has 0 atom stereocenters. The van der Waals surface area contributed by atoms with Gasteiger partial charge in [-0.25, -0.2) is 13.1 Å². The maximum atomic E-state index is 13.2. The molecule has 9 heteroatoms. The Morgan fingerprint density at radius 2 is 1.91 bits per heavy atom. The molecule has 2 aromatic carbocycles. The minimum absolute atomic E-state index is 0.161. The van der Waals surface area contributed by atoms with E-state index in [1.165, 1.54) is 21.4 Å². The van der Waals surface area contributed by atoms with Crippen LogP contribution < -0.4 is 5.32 Å². The third kappa shape index (κ3) is 3.97. The number of benzene rings is 2. The summed E-state index contributed by atoms with van der Waals surface area (Å²) in [7, 11) is -3.67. The Hall–Kier alpha value is -3.27. The Kier molecular flexibility index (Phi) is 5.38. The fraction of sp³-hybridized carbons (Fsp3) is 0.130. The predicted molar refractivity (Wildman–Crippen MR) is 124 cm³/mol. The van der Waals surface area contributed by atoms with Gasteiger partial charge in [0.15, 0.2) is 0 Å². The molecule has 0 unspecified atom stereocenters. The number of carbonyl (C=O) groups is 1. The summed E-state index contributed by atoms with van der Waals surface area (Å²) in [6, 6.07) is 17.8. The zero-order chi connectivity index (χ0) is 22.1. The zero-order valence-corrected chi connectivity index (χ0v) is 18.6. The molecule has 162 valence electrons. The molecule has 0 radical (unpaired) electrons. The van der Waals surface area contributed by atoms with Gasteiger partial charge in [0.25, 0.3) is 5.91 Å². The molecule has 0 saturated heterocycles. The van der Waals surface area contributed by atoms with Crippen LogP contribution >= 0.6 is 11.3 Å². The Balaban J connectivity index is 1.33. The Labute approximate surface area is 190 Å². The highest BCUT2D eigenvalue weighted by atomic mass is 32.2. The predicted octanol–water partition coefficient (Wildman–Crippen LogP) is 3.93. The first-order valence-electron chi connectivity index (χ1n) is 10.1. The molecule has 0 saturated carbocycles. The van der Waals surface area contributed by atoms with Gasteiger partial charge in [-0.3, -0.25) is 4.79 Å². The quantitative estimate of drug-likeness (QED) is 0.485. The van der Waals surface area contributed by atoms with Crippen LogP contribution in [-0.2, 0) is 23.0 Å². The van der Waals surface area contributed by atoms with Gasteiger partial charge in [-0.05, 0) is 53.8 Å². The van der Waals surface area contributed by atoms with Gasteiger partial charge in [0.2, 0.25) is 10.0 Å². The number of sulfonamides is 1. The van der Waals surface area contributed by atoms with Gasteiger partial charge in [-0.2, -0.15) is 9.40 Å². The lowest BCUT2D eigenvalue weighted by Crippen LogP contribution is -2.35. The molecule has 4 aromatic rings. The van der Waals surface area contributed by atoms with E-state index in [1.807, 2.05) is 41.8 Å². The van der Waals surface area contributed by atoms with Crippen LogP contribution in [0.3, 0.4) is 0 Å². The molecule has 3 heterocycles. The van der Waals surface area contributed by atoms with Crippen molar-refractivity contribution in [3.05, 3.63) is 94.4 Å². The maximum Gasteiger partial charge on any atom is 0.258 e. The number of carbonyl (C=O) groups excluding carboxylic acids is 1. The van der Waals surface area contributed by atoms with Gasteiger partial charge >= 0.3 is 0 Å². The number of hydrogen-bond acceptors (Lipinski definition) is 5. The van der Waals surface area contributed by atoms with Crippen molar-refractivity contribution in [2.24, 2.45) is 0 Å². The Morgan fingerprint density at radius 3 is 2.75 bits per heavy atom. The van der Waals surface area contributed by atoms with Crippen molar-refractivity contribution in [3.8, 4) is 5.69 Å². The first-order valence-corrected chi connectivity index (χ1v) is 12.4. The van der Waals surface area contributed by atoms with E-state index in [0.29, 0.717) is 30.8 Å². The summed E-state index contributed by atoms with van der Waals surface area (Å²) in [5.74, 6) is -0.359. The summed E-state index contributed by atoms with van der Waals surface area (Å²) >= 11 is 1.67. The molecule has 7 nitrogen and oxygen atoms in total. The molecule has 1 amide bonds. The summed E-state index contributed by atoms with van der Waals surface area (Å²) in [4.78, 5) is 14.1. The van der Waals surface area contributed by atoms with E-state index >= 15 is 0 Å². The van der Waals surface area contributed by atoms with Gasteiger partial charge in [0.05, 0.1) is 22.3 Å². The molecule has 0 fully saturated rings. The van der Waals surface area contributed by atoms with Gasteiger partial charge < -0.3 is 5.32 Å². The third-order valence-electron chi connectivity index (χ3n) is 5.37. The van der Waals surface area contributed by atoms with Crippen molar-refractivity contribution in [3.63, 3.8) is 0 Å². The lowest BCUT2D eigenvalue weighted by Gasteiger charge is -2.26. The van der Waals surface area contributed by atoms with Crippen molar-refractivity contribution < 1.29 is 13.2 Å². The van der Waals surface area contributed by atoms with Gasteiger partial charge in [0.1, 0.15) is 0 Å². The monoisotopic (exact) mass is 464 g/mol. The van der Waals surface area contributed by atoms with Gasteiger partial charge in [-0.15, -0.1) is 11.3 Å². The highest BCUT2D eigenvalue weighted by Crippen LogP contribution is 2.29. The molecular formula is C23H20N4O3S2. The zero-order valence-electron chi connectivity index (χ0n) is 17.0. The van der Waals surface area contributed by atoms with Crippen LogP contribution in [0, 0.1) is 0 Å². The fourth-order valence-corrected chi connectivity index (χ4v) is 6.03. The van der Waals surface area contributed by atoms with E-state index in [4.69, 9.17) is 0 Å². The molecular weight excluding hydrogens is 444 g/mol. The van der Waals surface area contributed by atoms with Crippen molar-refractivity contribution in [1.82, 2.24) is 14.1 Å². The highest BCUT2D eigenvalue weighted by molar-refractivity contribution is 7.89. The molecule has 5 rings (SSSR count). The first-order chi connectivity index (χ1) is 15.5. The number of nitrogens with one attached hydrogen (secondary N) is 1. The second-order valence-electron chi connectivity index (χ2n) is 7.45. The molecule has 1 aliphatic heterocycles. The van der Waals surface area contributed by atoms with Crippen LogP contribution in [0.15, 0.2) is 83.3 Å². The Bertz CT molecular complexity index is 1380. The number of aromatic nitrogens is 2. The fourth-order valence-electron chi connectivity index (χ4n) is 3.68. The number of fused-ring (bicyclic) bond motifs is 1. The number of rotatable bonds is 5. The minimum Gasteiger partial charge on any atom is -0.322 e. The smallest absolute Gasteiger partial charge is 0.258 e. The van der Waals surface area contributed by atoms with Gasteiger partial charge in [-0.1, -0.05) is 24.3 Å². The SMILES string of the molecule is O=C(Nc1cccc(S(=O)(=O)N2CCc3sccc3C2)c1)c1cnn(-c2ccccc2)c1. The first kappa shape index (κ1) is 20.6. The second kappa shape index (κ2) is 8.34. The average molecular weight is 465 g/mol. The largest absolute Gasteiger partial charge is 0.322 e. The second-order valence-corrected chi connectivity index (χ2v) is 10.4. The molecule has 0 aliphatic carbocycles. The number of anilines is 1. The van der Waals surface area contributed by atoms with Crippen molar-refractivity contribution in [2.75, 3.05) is 11.9 Å². The highest BCUT2D eigenvalue weighted by Gasteiger charge is 2.29. The van der Waals surface area contributed by atoms with E-state index in [2.05, 4.69) is 10.4 Å². The topological polar surface area (TPSA) is 84.3 Å². The molecule has 32 heavy (non-hydrogen) atoms. The van der Waals surface area contributed by atoms with Crippen LogP contribution in [0.2, 0.25) is 0 Å². The molecule has 1 aliphatic rings. The summed E-state index contributed by atoms with van der Waals surface area (Å²) in [6.45, 7) is 0.821. The molecule has 2 aromatic heterocycles. The van der Waals surface area contributed by atoms with Crippen LogP contribution in [0.5, 0.6) is 0 Å². The summed E-state index contributed by atoms with van der Waals surface area (Å²) < 4.78 is 29.5. The molecule has 0 spiro atoms. The minimum atomic E-state index is -3.67. The van der Waals surface area contributed by atoms with Crippen LogP contribution in [0.1, 0.15) is 20.8 Å². The molecule has 1 N–H and O–H groups in total.